The molecule has 0 amide bonds. The van der Waals surface area contributed by atoms with Gasteiger partial charge in [-0.3, -0.25) is 0 Å². The zero-order valence-electron chi connectivity index (χ0n) is 18.0. The predicted octanol–water partition coefficient (Wildman–Crippen LogP) is 7.75. The largest absolute Gasteiger partial charge is 0.494 e. The lowest BCUT2D eigenvalue weighted by Gasteiger charge is -2.07. The summed E-state index contributed by atoms with van der Waals surface area (Å²) in [4.78, 5) is 0. The van der Waals surface area contributed by atoms with Crippen LogP contribution in [0.4, 0.5) is 8.78 Å². The average molecular weight is 427 g/mol. The van der Waals surface area contributed by atoms with E-state index in [0.717, 1.165) is 41.0 Å². The SMILES string of the molecule is CCCCCOc1ccc(-c2ccc(C#Cc3ccc4cc(F)c(F)cc4c3)cc2)cc1. The Hall–Kier alpha value is -3.64. The first-order chi connectivity index (χ1) is 15.6. The fourth-order valence-corrected chi connectivity index (χ4v) is 3.50. The third-order valence-electron chi connectivity index (χ3n) is 5.32. The number of hydrogen-bond acceptors (Lipinski definition) is 1. The molecule has 0 saturated carbocycles. The molecular weight excluding hydrogens is 402 g/mol. The predicted molar refractivity (Wildman–Crippen MR) is 127 cm³/mol. The molecule has 0 heterocycles. The van der Waals surface area contributed by atoms with Gasteiger partial charge >= 0.3 is 0 Å². The van der Waals surface area contributed by atoms with E-state index in [2.05, 4.69) is 30.9 Å². The number of halogens is 2. The monoisotopic (exact) mass is 426 g/mol. The number of unbranched alkanes of at least 4 members (excludes halogenated alkanes) is 2. The lowest BCUT2D eigenvalue weighted by atomic mass is 10.0. The highest BCUT2D eigenvalue weighted by molar-refractivity contribution is 5.84. The Balaban J connectivity index is 1.44. The summed E-state index contributed by atoms with van der Waals surface area (Å²) in [6.45, 7) is 2.93. The van der Waals surface area contributed by atoms with E-state index >= 15 is 0 Å². The summed E-state index contributed by atoms with van der Waals surface area (Å²) in [6, 6.07) is 23.9. The third-order valence-corrected chi connectivity index (χ3v) is 5.32. The minimum atomic E-state index is -0.853. The van der Waals surface area contributed by atoms with E-state index in [1.807, 2.05) is 42.5 Å². The van der Waals surface area contributed by atoms with Crippen molar-refractivity contribution in [2.75, 3.05) is 6.61 Å². The highest BCUT2D eigenvalue weighted by atomic mass is 19.2. The van der Waals surface area contributed by atoms with E-state index in [1.54, 1.807) is 12.1 Å². The van der Waals surface area contributed by atoms with Gasteiger partial charge in [-0.2, -0.15) is 0 Å². The molecule has 0 fully saturated rings. The molecule has 0 atom stereocenters. The molecule has 4 aromatic carbocycles. The Morgan fingerprint density at radius 1 is 0.656 bits per heavy atom. The molecule has 0 saturated heterocycles. The van der Waals surface area contributed by atoms with Gasteiger partial charge in [-0.15, -0.1) is 0 Å². The zero-order valence-corrected chi connectivity index (χ0v) is 18.0. The van der Waals surface area contributed by atoms with Crippen LogP contribution < -0.4 is 4.74 Å². The van der Waals surface area contributed by atoms with Crippen LogP contribution in [-0.2, 0) is 0 Å². The Morgan fingerprint density at radius 2 is 1.25 bits per heavy atom. The first-order valence-corrected chi connectivity index (χ1v) is 10.9. The fraction of sp³-hybridized carbons (Fsp3) is 0.172. The van der Waals surface area contributed by atoms with Gasteiger partial charge in [0, 0.05) is 11.1 Å². The quantitative estimate of drug-likeness (QED) is 0.226. The molecule has 4 rings (SSSR count). The van der Waals surface area contributed by atoms with Crippen LogP contribution in [0, 0.1) is 23.5 Å². The van der Waals surface area contributed by atoms with Crippen LogP contribution in [0.1, 0.15) is 37.3 Å². The zero-order chi connectivity index (χ0) is 22.3. The minimum Gasteiger partial charge on any atom is -0.494 e. The summed E-state index contributed by atoms with van der Waals surface area (Å²) in [5.74, 6) is 5.43. The smallest absolute Gasteiger partial charge is 0.159 e. The fourth-order valence-electron chi connectivity index (χ4n) is 3.50. The number of ether oxygens (including phenoxy) is 1. The van der Waals surface area contributed by atoms with Crippen molar-refractivity contribution in [1.29, 1.82) is 0 Å². The second-order valence-electron chi connectivity index (χ2n) is 7.74. The first-order valence-electron chi connectivity index (χ1n) is 10.9. The molecule has 160 valence electrons. The van der Waals surface area contributed by atoms with Gasteiger partial charge in [0.25, 0.3) is 0 Å². The van der Waals surface area contributed by atoms with Crippen molar-refractivity contribution in [2.24, 2.45) is 0 Å². The van der Waals surface area contributed by atoms with Crippen molar-refractivity contribution in [2.45, 2.75) is 26.2 Å². The van der Waals surface area contributed by atoms with E-state index in [0.29, 0.717) is 10.8 Å². The van der Waals surface area contributed by atoms with Crippen LogP contribution in [-0.4, -0.2) is 6.61 Å². The van der Waals surface area contributed by atoms with E-state index in [-0.39, 0.29) is 0 Å². The van der Waals surface area contributed by atoms with Crippen LogP contribution in [0.15, 0.2) is 78.9 Å². The molecule has 0 N–H and O–H groups in total. The van der Waals surface area contributed by atoms with Gasteiger partial charge in [-0.1, -0.05) is 61.9 Å². The number of benzene rings is 4. The summed E-state index contributed by atoms with van der Waals surface area (Å²) in [6.07, 6.45) is 3.45. The van der Waals surface area contributed by atoms with Gasteiger partial charge in [-0.25, -0.2) is 8.78 Å². The number of rotatable bonds is 6. The maximum absolute atomic E-state index is 13.5. The molecule has 0 spiro atoms. The summed E-state index contributed by atoms with van der Waals surface area (Å²) in [5, 5.41) is 1.28. The van der Waals surface area contributed by atoms with E-state index in [9.17, 15) is 8.78 Å². The third kappa shape index (κ3) is 5.34. The van der Waals surface area contributed by atoms with Gasteiger partial charge in [0.15, 0.2) is 11.6 Å². The van der Waals surface area contributed by atoms with Crippen LogP contribution in [0.25, 0.3) is 21.9 Å². The maximum atomic E-state index is 13.5. The van der Waals surface area contributed by atoms with Gasteiger partial charge in [0.1, 0.15) is 5.75 Å². The normalized spacial score (nSPS) is 10.6. The first kappa shape index (κ1) is 21.6. The van der Waals surface area contributed by atoms with Crippen LogP contribution in [0.5, 0.6) is 5.75 Å². The topological polar surface area (TPSA) is 9.23 Å². The molecule has 1 nitrogen and oxygen atoms in total. The van der Waals surface area contributed by atoms with Gasteiger partial charge in [-0.05, 0) is 76.9 Å². The minimum absolute atomic E-state index is 0.629. The summed E-state index contributed by atoms with van der Waals surface area (Å²) in [7, 11) is 0. The molecule has 3 heteroatoms. The molecule has 32 heavy (non-hydrogen) atoms. The molecule has 0 bridgehead atoms. The Morgan fingerprint density at radius 3 is 1.94 bits per heavy atom. The molecule has 0 aliphatic heterocycles. The lowest BCUT2D eigenvalue weighted by Crippen LogP contribution is -1.96. The average Bonchev–Trinajstić information content (AvgIpc) is 2.82. The van der Waals surface area contributed by atoms with Crippen molar-refractivity contribution >= 4 is 10.8 Å². The number of fused-ring (bicyclic) bond motifs is 1. The van der Waals surface area contributed by atoms with Crippen molar-refractivity contribution in [3.8, 4) is 28.7 Å². The lowest BCUT2D eigenvalue weighted by molar-refractivity contribution is 0.306. The van der Waals surface area contributed by atoms with Crippen LogP contribution >= 0.6 is 0 Å². The maximum Gasteiger partial charge on any atom is 0.159 e. The molecule has 0 aliphatic rings. The number of hydrogen-bond donors (Lipinski definition) is 0. The summed E-state index contributed by atoms with van der Waals surface area (Å²) < 4.78 is 32.6. The van der Waals surface area contributed by atoms with Crippen molar-refractivity contribution in [3.05, 3.63) is 102 Å². The second-order valence-corrected chi connectivity index (χ2v) is 7.74. The summed E-state index contributed by atoms with van der Waals surface area (Å²) >= 11 is 0. The van der Waals surface area contributed by atoms with Crippen LogP contribution in [0.3, 0.4) is 0 Å². The highest BCUT2D eigenvalue weighted by Gasteiger charge is 2.04. The Bertz CT molecular complexity index is 1260. The molecule has 0 aromatic heterocycles. The second kappa shape index (κ2) is 10.1. The molecule has 0 unspecified atom stereocenters. The van der Waals surface area contributed by atoms with E-state index < -0.39 is 11.6 Å². The highest BCUT2D eigenvalue weighted by Crippen LogP contribution is 2.23. The van der Waals surface area contributed by atoms with Crippen molar-refractivity contribution in [1.82, 2.24) is 0 Å². The van der Waals surface area contributed by atoms with Crippen LogP contribution in [0.2, 0.25) is 0 Å². The summed E-state index contributed by atoms with van der Waals surface area (Å²) in [5.41, 5.74) is 3.86. The van der Waals surface area contributed by atoms with E-state index in [4.69, 9.17) is 4.74 Å². The standard InChI is InChI=1S/C29H24F2O/c1-2-3-4-17-32-27-15-13-24(14-16-27)23-10-7-21(8-11-23)5-6-22-9-12-25-19-28(30)29(31)20-26(25)18-22/h7-16,18-20H,2-4,17H2,1H3. The van der Waals surface area contributed by atoms with Crippen molar-refractivity contribution < 1.29 is 13.5 Å². The molecule has 0 radical (unpaired) electrons. The van der Waals surface area contributed by atoms with E-state index in [1.165, 1.54) is 25.0 Å². The van der Waals surface area contributed by atoms with Gasteiger partial charge < -0.3 is 4.74 Å². The van der Waals surface area contributed by atoms with Gasteiger partial charge in [0.05, 0.1) is 6.61 Å². The Kier molecular flexibility index (Phi) is 6.82. The Labute approximate surface area is 187 Å². The van der Waals surface area contributed by atoms with Gasteiger partial charge in [0.2, 0.25) is 0 Å². The molecular formula is C29H24F2O. The molecule has 0 aliphatic carbocycles. The van der Waals surface area contributed by atoms with Crippen molar-refractivity contribution in [3.63, 3.8) is 0 Å². The molecule has 4 aromatic rings.